The summed E-state index contributed by atoms with van der Waals surface area (Å²) in [4.78, 5) is 14.9. The van der Waals surface area contributed by atoms with Gasteiger partial charge in [0.1, 0.15) is 15.9 Å². The van der Waals surface area contributed by atoms with Gasteiger partial charge in [-0.2, -0.15) is 5.26 Å². The minimum absolute atomic E-state index is 0.117. The van der Waals surface area contributed by atoms with Gasteiger partial charge in [-0.1, -0.05) is 11.8 Å². The van der Waals surface area contributed by atoms with Gasteiger partial charge in [0.25, 0.3) is 0 Å². The van der Waals surface area contributed by atoms with Crippen LogP contribution in [0.2, 0.25) is 0 Å². The van der Waals surface area contributed by atoms with Crippen LogP contribution < -0.4 is 10.6 Å². The number of carbonyl (C=O) groups is 1. The molecule has 2 N–H and O–H groups in total. The second kappa shape index (κ2) is 10.5. The van der Waals surface area contributed by atoms with E-state index in [0.717, 1.165) is 49.8 Å². The van der Waals surface area contributed by atoms with Crippen LogP contribution in [0.15, 0.2) is 5.16 Å². The Kier molecular flexibility index (Phi) is 7.51. The van der Waals surface area contributed by atoms with E-state index in [0.29, 0.717) is 51.7 Å². The number of morpholine rings is 1. The maximum absolute atomic E-state index is 12.4. The Balaban J connectivity index is 1.60. The van der Waals surface area contributed by atoms with Crippen molar-refractivity contribution in [2.75, 3.05) is 50.2 Å². The van der Waals surface area contributed by atoms with Crippen molar-refractivity contribution in [3.63, 3.8) is 0 Å². The molecule has 32 heavy (non-hydrogen) atoms. The zero-order valence-corrected chi connectivity index (χ0v) is 19.5. The Labute approximate surface area is 194 Å². The number of thiophene rings is 1. The third kappa shape index (κ3) is 4.85. The van der Waals surface area contributed by atoms with Crippen molar-refractivity contribution in [1.82, 2.24) is 14.8 Å². The monoisotopic (exact) mass is 478 g/mol. The van der Waals surface area contributed by atoms with E-state index in [1.807, 2.05) is 0 Å². The summed E-state index contributed by atoms with van der Waals surface area (Å²) in [7, 11) is 0. The molecule has 0 amide bonds. The van der Waals surface area contributed by atoms with Gasteiger partial charge in [0, 0.05) is 31.0 Å². The van der Waals surface area contributed by atoms with Crippen LogP contribution in [0.5, 0.6) is 0 Å². The number of thioether (sulfide) groups is 1. The molecule has 4 rings (SSSR count). The first kappa shape index (κ1) is 22.8. The lowest BCUT2D eigenvalue weighted by molar-refractivity contribution is 0.0531. The Morgan fingerprint density at radius 2 is 2.19 bits per heavy atom. The minimum Gasteiger partial charge on any atom is -0.462 e. The summed E-state index contributed by atoms with van der Waals surface area (Å²) in [5.41, 5.74) is 6.91. The van der Waals surface area contributed by atoms with Crippen LogP contribution in [0.1, 0.15) is 40.6 Å². The topological polar surface area (TPSA) is 129 Å². The van der Waals surface area contributed by atoms with Crippen LogP contribution in [-0.4, -0.2) is 66.4 Å². The SMILES string of the molecule is CCOC(=O)c1sc(N)c(C#N)c1CSc1nnc(N2CCOCC2)n1CC1CCCO1. The van der Waals surface area contributed by atoms with Gasteiger partial charge in [0.2, 0.25) is 5.95 Å². The van der Waals surface area contributed by atoms with Gasteiger partial charge >= 0.3 is 5.97 Å². The largest absolute Gasteiger partial charge is 0.462 e. The highest BCUT2D eigenvalue weighted by Gasteiger charge is 2.27. The van der Waals surface area contributed by atoms with Gasteiger partial charge in [0.05, 0.1) is 38.0 Å². The van der Waals surface area contributed by atoms with Crippen LogP contribution >= 0.6 is 23.1 Å². The van der Waals surface area contributed by atoms with Crippen LogP contribution in [0.25, 0.3) is 0 Å². The molecule has 2 aliphatic rings. The molecule has 10 nitrogen and oxygen atoms in total. The molecule has 0 spiro atoms. The van der Waals surface area contributed by atoms with Crippen molar-refractivity contribution in [2.24, 2.45) is 0 Å². The van der Waals surface area contributed by atoms with Gasteiger partial charge in [-0.25, -0.2) is 4.79 Å². The van der Waals surface area contributed by atoms with Gasteiger partial charge in [0.15, 0.2) is 5.16 Å². The first-order valence-corrected chi connectivity index (χ1v) is 12.4. The number of aromatic nitrogens is 3. The van der Waals surface area contributed by atoms with Gasteiger partial charge < -0.3 is 24.8 Å². The molecule has 0 bridgehead atoms. The summed E-state index contributed by atoms with van der Waals surface area (Å²) in [5, 5.41) is 19.5. The zero-order valence-electron chi connectivity index (χ0n) is 17.9. The fourth-order valence-corrected chi connectivity index (χ4v) is 5.77. The van der Waals surface area contributed by atoms with Crippen LogP contribution in [0.4, 0.5) is 10.9 Å². The highest BCUT2D eigenvalue weighted by atomic mass is 32.2. The number of hydrogen-bond acceptors (Lipinski definition) is 11. The lowest BCUT2D eigenvalue weighted by Gasteiger charge is -2.28. The van der Waals surface area contributed by atoms with E-state index in [4.69, 9.17) is 19.9 Å². The van der Waals surface area contributed by atoms with Gasteiger partial charge in [-0.3, -0.25) is 4.57 Å². The average Bonchev–Trinajstić information content (AvgIpc) is 3.53. The van der Waals surface area contributed by atoms with Gasteiger partial charge in [-0.05, 0) is 19.8 Å². The molecule has 12 heteroatoms. The van der Waals surface area contributed by atoms with Crippen LogP contribution in [-0.2, 0) is 26.5 Å². The summed E-state index contributed by atoms with van der Waals surface area (Å²) in [5.74, 6) is 0.690. The van der Waals surface area contributed by atoms with Crippen LogP contribution in [0.3, 0.4) is 0 Å². The molecular weight excluding hydrogens is 452 g/mol. The molecule has 0 saturated carbocycles. The second-order valence-electron chi connectivity index (χ2n) is 7.40. The molecule has 2 aromatic rings. The van der Waals surface area contributed by atoms with Crippen LogP contribution in [0, 0.1) is 11.3 Å². The minimum atomic E-state index is -0.462. The number of esters is 1. The van der Waals surface area contributed by atoms with E-state index < -0.39 is 5.97 Å². The molecule has 172 valence electrons. The molecular formula is C20H26N6O4S2. The van der Waals surface area contributed by atoms with Crippen molar-refractivity contribution in [1.29, 1.82) is 5.26 Å². The highest BCUT2D eigenvalue weighted by Crippen LogP contribution is 2.36. The lowest BCUT2D eigenvalue weighted by atomic mass is 10.2. The number of carbonyl (C=O) groups excluding carboxylic acids is 1. The van der Waals surface area contributed by atoms with Gasteiger partial charge in [-0.15, -0.1) is 21.5 Å². The van der Waals surface area contributed by atoms with E-state index in [1.165, 1.54) is 11.8 Å². The van der Waals surface area contributed by atoms with E-state index in [1.54, 1.807) is 6.92 Å². The standard InChI is InChI=1S/C20H26N6O4S2/c1-2-29-18(27)16-15(14(10-21)17(22)32-16)12-31-20-24-23-19(25-5-8-28-9-6-25)26(20)11-13-4-3-7-30-13/h13H,2-9,11-12,22H2,1H3. The number of nitrogen functional groups attached to an aromatic ring is 1. The second-order valence-corrected chi connectivity index (χ2v) is 9.39. The Morgan fingerprint density at radius 3 is 2.88 bits per heavy atom. The van der Waals surface area contributed by atoms with Crippen molar-refractivity contribution in [3.8, 4) is 6.07 Å². The maximum Gasteiger partial charge on any atom is 0.348 e. The van der Waals surface area contributed by atoms with E-state index in [-0.39, 0.29) is 12.7 Å². The summed E-state index contributed by atoms with van der Waals surface area (Å²) in [6, 6.07) is 2.13. The summed E-state index contributed by atoms with van der Waals surface area (Å²) >= 11 is 2.52. The third-order valence-corrected chi connectivity index (χ3v) is 7.39. The molecule has 0 radical (unpaired) electrons. The lowest BCUT2D eigenvalue weighted by Crippen LogP contribution is -2.38. The average molecular weight is 479 g/mol. The molecule has 1 atom stereocenters. The Bertz CT molecular complexity index is 989. The van der Waals surface area contributed by atoms with Crippen molar-refractivity contribution >= 4 is 40.0 Å². The number of rotatable bonds is 8. The van der Waals surface area contributed by atoms with Crippen molar-refractivity contribution < 1.29 is 19.0 Å². The summed E-state index contributed by atoms with van der Waals surface area (Å²) < 4.78 is 18.6. The van der Waals surface area contributed by atoms with E-state index in [9.17, 15) is 10.1 Å². The smallest absolute Gasteiger partial charge is 0.348 e. The highest BCUT2D eigenvalue weighted by molar-refractivity contribution is 7.98. The summed E-state index contributed by atoms with van der Waals surface area (Å²) in [6.45, 7) is 6.23. The molecule has 2 aromatic heterocycles. The molecule has 1 unspecified atom stereocenters. The predicted molar refractivity (Wildman–Crippen MR) is 121 cm³/mol. The normalized spacial score (nSPS) is 18.6. The zero-order chi connectivity index (χ0) is 22.5. The Hall–Kier alpha value is -2.33. The fourth-order valence-electron chi connectivity index (χ4n) is 3.78. The molecule has 0 aliphatic carbocycles. The number of nitriles is 1. The van der Waals surface area contributed by atoms with Crippen molar-refractivity contribution in [2.45, 2.75) is 43.3 Å². The number of nitrogens with zero attached hydrogens (tertiary/aromatic N) is 5. The first-order valence-electron chi connectivity index (χ1n) is 10.6. The van der Waals surface area contributed by atoms with E-state index in [2.05, 4.69) is 25.7 Å². The third-order valence-electron chi connectivity index (χ3n) is 5.35. The Morgan fingerprint density at radius 1 is 1.38 bits per heavy atom. The number of nitrogens with two attached hydrogens (primary N) is 1. The first-order chi connectivity index (χ1) is 15.6. The predicted octanol–water partition coefficient (Wildman–Crippen LogP) is 2.28. The number of ether oxygens (including phenoxy) is 3. The molecule has 0 aromatic carbocycles. The molecule has 2 fully saturated rings. The molecule has 2 aliphatic heterocycles. The quantitative estimate of drug-likeness (QED) is 0.445. The maximum atomic E-state index is 12.4. The summed E-state index contributed by atoms with van der Waals surface area (Å²) in [6.07, 6.45) is 2.16. The van der Waals surface area contributed by atoms with E-state index >= 15 is 0 Å². The molecule has 4 heterocycles. The molecule has 2 saturated heterocycles. The number of anilines is 2. The fraction of sp³-hybridized carbons (Fsp3) is 0.600. The van der Waals surface area contributed by atoms with Crippen molar-refractivity contribution in [3.05, 3.63) is 16.0 Å². The number of hydrogen-bond donors (Lipinski definition) is 1.